The molecule has 2 unspecified atom stereocenters. The average molecular weight is 376 g/mol. The van der Waals surface area contributed by atoms with E-state index in [9.17, 15) is 14.9 Å². The van der Waals surface area contributed by atoms with Crippen molar-refractivity contribution in [1.82, 2.24) is 4.90 Å². The summed E-state index contributed by atoms with van der Waals surface area (Å²) < 4.78 is 5.80. The van der Waals surface area contributed by atoms with Crippen molar-refractivity contribution in [2.24, 2.45) is 11.7 Å². The first-order chi connectivity index (χ1) is 12.8. The molecule has 2 saturated heterocycles. The Labute approximate surface area is 159 Å². The molecule has 0 aromatic heterocycles. The SMILES string of the molecule is CC1CN(CC2CCN(c3ccc([N+](=O)[O-])cc3C(N)=O)CC2)CC(C)O1. The van der Waals surface area contributed by atoms with E-state index >= 15 is 0 Å². The number of anilines is 1. The first-order valence-corrected chi connectivity index (χ1v) is 9.54. The lowest BCUT2D eigenvalue weighted by Gasteiger charge is -2.40. The van der Waals surface area contributed by atoms with Crippen LogP contribution in [-0.4, -0.2) is 60.7 Å². The highest BCUT2D eigenvalue weighted by Crippen LogP contribution is 2.29. The van der Waals surface area contributed by atoms with Gasteiger partial charge in [0.2, 0.25) is 0 Å². The third-order valence-electron chi connectivity index (χ3n) is 5.42. The molecular formula is C19H28N4O4. The number of nitrogens with two attached hydrogens (primary N) is 1. The number of carbonyl (C=O) groups is 1. The Kier molecular flexibility index (Phi) is 5.96. The molecule has 0 aliphatic carbocycles. The summed E-state index contributed by atoms with van der Waals surface area (Å²) in [5.41, 5.74) is 6.26. The summed E-state index contributed by atoms with van der Waals surface area (Å²) >= 11 is 0. The predicted octanol–water partition coefficient (Wildman–Crippen LogP) is 2.02. The van der Waals surface area contributed by atoms with Crippen molar-refractivity contribution in [1.29, 1.82) is 0 Å². The molecular weight excluding hydrogens is 348 g/mol. The molecule has 8 heteroatoms. The first kappa shape index (κ1) is 19.6. The third kappa shape index (κ3) is 4.75. The van der Waals surface area contributed by atoms with Crippen LogP contribution in [-0.2, 0) is 4.74 Å². The third-order valence-corrected chi connectivity index (χ3v) is 5.42. The second-order valence-corrected chi connectivity index (χ2v) is 7.73. The van der Waals surface area contributed by atoms with Crippen molar-refractivity contribution in [2.75, 3.05) is 37.6 Å². The maximum atomic E-state index is 11.8. The van der Waals surface area contributed by atoms with Crippen LogP contribution < -0.4 is 10.6 Å². The summed E-state index contributed by atoms with van der Waals surface area (Å²) in [4.78, 5) is 26.8. The number of nitro groups is 1. The number of morpholine rings is 1. The molecule has 3 rings (SSSR count). The summed E-state index contributed by atoms with van der Waals surface area (Å²) in [6.07, 6.45) is 2.59. The molecule has 0 spiro atoms. The number of non-ortho nitro benzene ring substituents is 1. The van der Waals surface area contributed by atoms with Crippen LogP contribution in [0.2, 0.25) is 0 Å². The lowest BCUT2D eigenvalue weighted by atomic mass is 9.94. The normalized spacial score (nSPS) is 24.7. The highest BCUT2D eigenvalue weighted by Gasteiger charge is 2.28. The van der Waals surface area contributed by atoms with E-state index in [1.165, 1.54) is 12.1 Å². The van der Waals surface area contributed by atoms with E-state index in [-0.39, 0.29) is 23.5 Å². The predicted molar refractivity (Wildman–Crippen MR) is 103 cm³/mol. The summed E-state index contributed by atoms with van der Waals surface area (Å²) in [6, 6.07) is 4.36. The number of piperidine rings is 1. The molecule has 2 N–H and O–H groups in total. The molecule has 1 amide bonds. The van der Waals surface area contributed by atoms with Crippen molar-refractivity contribution in [2.45, 2.75) is 38.9 Å². The van der Waals surface area contributed by atoms with Gasteiger partial charge in [0.25, 0.3) is 11.6 Å². The number of nitrogens with zero attached hydrogens (tertiary/aromatic N) is 3. The molecule has 2 fully saturated rings. The van der Waals surface area contributed by atoms with Crippen LogP contribution in [0.1, 0.15) is 37.0 Å². The minimum Gasteiger partial charge on any atom is -0.373 e. The number of nitro benzene ring substituents is 1. The average Bonchev–Trinajstić information content (AvgIpc) is 2.61. The van der Waals surface area contributed by atoms with Gasteiger partial charge < -0.3 is 15.4 Å². The van der Waals surface area contributed by atoms with Gasteiger partial charge >= 0.3 is 0 Å². The van der Waals surface area contributed by atoms with Crippen LogP contribution in [0.5, 0.6) is 0 Å². The lowest BCUT2D eigenvalue weighted by Crippen LogP contribution is -2.48. The first-order valence-electron chi connectivity index (χ1n) is 9.54. The van der Waals surface area contributed by atoms with E-state index in [4.69, 9.17) is 10.5 Å². The van der Waals surface area contributed by atoms with Gasteiger partial charge in [0, 0.05) is 44.9 Å². The summed E-state index contributed by atoms with van der Waals surface area (Å²) in [5, 5.41) is 11.0. The second-order valence-electron chi connectivity index (χ2n) is 7.73. The van der Waals surface area contributed by atoms with E-state index < -0.39 is 10.8 Å². The minimum atomic E-state index is -0.632. The fourth-order valence-electron chi connectivity index (χ4n) is 4.27. The monoisotopic (exact) mass is 376 g/mol. The maximum Gasteiger partial charge on any atom is 0.270 e. The number of ether oxygens (including phenoxy) is 1. The number of hydrogen-bond acceptors (Lipinski definition) is 6. The molecule has 27 heavy (non-hydrogen) atoms. The Morgan fingerprint density at radius 2 is 1.89 bits per heavy atom. The molecule has 2 aliphatic rings. The van der Waals surface area contributed by atoms with Gasteiger partial charge in [-0.25, -0.2) is 0 Å². The van der Waals surface area contributed by atoms with Gasteiger partial charge in [-0.3, -0.25) is 19.8 Å². The molecule has 1 aromatic rings. The van der Waals surface area contributed by atoms with E-state index in [0.717, 1.165) is 45.6 Å². The Morgan fingerprint density at radius 3 is 2.44 bits per heavy atom. The fraction of sp³-hybridized carbons (Fsp3) is 0.632. The van der Waals surface area contributed by atoms with Crippen LogP contribution in [0, 0.1) is 16.0 Å². The van der Waals surface area contributed by atoms with E-state index in [1.807, 2.05) is 0 Å². The largest absolute Gasteiger partial charge is 0.373 e. The molecule has 2 aliphatic heterocycles. The van der Waals surface area contributed by atoms with Crippen LogP contribution in [0.15, 0.2) is 18.2 Å². The quantitative estimate of drug-likeness (QED) is 0.623. The van der Waals surface area contributed by atoms with Crippen molar-refractivity contribution in [3.05, 3.63) is 33.9 Å². The van der Waals surface area contributed by atoms with Crippen LogP contribution in [0.4, 0.5) is 11.4 Å². The standard InChI is InChI=1S/C19H28N4O4/c1-13-10-21(11-14(2)27-13)12-15-5-7-22(8-6-15)18-4-3-16(23(25)26)9-17(18)19(20)24/h3-4,9,13-15H,5-8,10-12H2,1-2H3,(H2,20,24). The zero-order valence-electron chi connectivity index (χ0n) is 16.0. The van der Waals surface area contributed by atoms with Gasteiger partial charge in [-0.15, -0.1) is 0 Å². The number of amides is 1. The molecule has 0 bridgehead atoms. The topological polar surface area (TPSA) is 102 Å². The lowest BCUT2D eigenvalue weighted by molar-refractivity contribution is -0.384. The van der Waals surface area contributed by atoms with Gasteiger partial charge in [-0.2, -0.15) is 0 Å². The van der Waals surface area contributed by atoms with Gasteiger partial charge in [-0.05, 0) is 38.7 Å². The molecule has 0 saturated carbocycles. The number of benzene rings is 1. The molecule has 0 radical (unpaired) electrons. The van der Waals surface area contributed by atoms with Crippen molar-refractivity contribution in [3.8, 4) is 0 Å². The molecule has 1 aromatic carbocycles. The molecule has 2 heterocycles. The highest BCUT2D eigenvalue weighted by molar-refractivity contribution is 5.99. The van der Waals surface area contributed by atoms with Gasteiger partial charge in [0.1, 0.15) is 0 Å². The fourth-order valence-corrected chi connectivity index (χ4v) is 4.27. The number of carbonyl (C=O) groups excluding carboxylic acids is 1. The van der Waals surface area contributed by atoms with Crippen LogP contribution in [0.25, 0.3) is 0 Å². The number of primary amides is 1. The maximum absolute atomic E-state index is 11.8. The molecule has 2 atom stereocenters. The van der Waals surface area contributed by atoms with Crippen LogP contribution >= 0.6 is 0 Å². The minimum absolute atomic E-state index is 0.113. The summed E-state index contributed by atoms with van der Waals surface area (Å²) in [5.74, 6) is -0.0269. The van der Waals surface area contributed by atoms with E-state index in [2.05, 4.69) is 23.6 Å². The Morgan fingerprint density at radius 1 is 1.26 bits per heavy atom. The van der Waals surface area contributed by atoms with Gasteiger partial charge in [0.05, 0.1) is 28.4 Å². The molecule has 148 valence electrons. The smallest absolute Gasteiger partial charge is 0.270 e. The van der Waals surface area contributed by atoms with Gasteiger partial charge in [-0.1, -0.05) is 0 Å². The van der Waals surface area contributed by atoms with E-state index in [1.54, 1.807) is 6.07 Å². The van der Waals surface area contributed by atoms with Crippen molar-refractivity contribution in [3.63, 3.8) is 0 Å². The number of rotatable bonds is 5. The zero-order chi connectivity index (χ0) is 19.6. The van der Waals surface area contributed by atoms with E-state index in [0.29, 0.717) is 11.6 Å². The number of hydrogen-bond donors (Lipinski definition) is 1. The van der Waals surface area contributed by atoms with Crippen molar-refractivity contribution >= 4 is 17.3 Å². The Balaban J connectivity index is 1.62. The summed E-state index contributed by atoms with van der Waals surface area (Å²) in [7, 11) is 0. The zero-order valence-corrected chi connectivity index (χ0v) is 16.0. The van der Waals surface area contributed by atoms with Crippen molar-refractivity contribution < 1.29 is 14.5 Å². The van der Waals surface area contributed by atoms with Gasteiger partial charge in [0.15, 0.2) is 0 Å². The Bertz CT molecular complexity index is 693. The summed E-state index contributed by atoms with van der Waals surface area (Å²) in [6.45, 7) is 8.87. The Hall–Kier alpha value is -2.19. The van der Waals surface area contributed by atoms with Crippen LogP contribution in [0.3, 0.4) is 0 Å². The highest BCUT2D eigenvalue weighted by atomic mass is 16.6. The molecule has 8 nitrogen and oxygen atoms in total. The second kappa shape index (κ2) is 8.22.